The standard InChI is InChI=1S/C27H29NO4/c1-17-23(26(30)32-16-18-9-6-5-7-10-18)24(19-11-8-12-20(13-19)31-4)25-21(28-17)14-27(2,3)15-22(25)29/h5-13,23-24H,14-16H2,1-4H3/t23?,24-/m0/s1. The molecule has 1 aliphatic carbocycles. The minimum absolute atomic E-state index is 0.0566. The van der Waals surface area contributed by atoms with Gasteiger partial charge < -0.3 is 9.47 Å². The number of carbonyl (C=O) groups is 2. The van der Waals surface area contributed by atoms with Crippen LogP contribution in [-0.2, 0) is 20.9 Å². The fraction of sp³-hybridized carbons (Fsp3) is 0.370. The van der Waals surface area contributed by atoms with Gasteiger partial charge in [0.2, 0.25) is 0 Å². The molecule has 2 aliphatic rings. The second-order valence-corrected chi connectivity index (χ2v) is 9.38. The molecule has 0 fully saturated rings. The lowest BCUT2D eigenvalue weighted by Crippen LogP contribution is -2.39. The van der Waals surface area contributed by atoms with Crippen LogP contribution >= 0.6 is 0 Å². The molecular weight excluding hydrogens is 402 g/mol. The number of ketones is 1. The van der Waals surface area contributed by atoms with Crippen LogP contribution in [0.2, 0.25) is 0 Å². The van der Waals surface area contributed by atoms with Gasteiger partial charge in [-0.3, -0.25) is 14.6 Å². The minimum atomic E-state index is -0.658. The van der Waals surface area contributed by atoms with Gasteiger partial charge in [0.15, 0.2) is 5.78 Å². The number of Topliss-reactive ketones (excluding diaryl/α,β-unsaturated/α-hetero) is 1. The summed E-state index contributed by atoms with van der Waals surface area (Å²) >= 11 is 0. The van der Waals surface area contributed by atoms with Gasteiger partial charge >= 0.3 is 5.97 Å². The van der Waals surface area contributed by atoms with Crippen LogP contribution in [0.5, 0.6) is 5.75 Å². The zero-order chi connectivity index (χ0) is 22.9. The molecule has 0 amide bonds. The highest BCUT2D eigenvalue weighted by atomic mass is 16.5. The summed E-state index contributed by atoms with van der Waals surface area (Å²) in [5, 5.41) is 0. The van der Waals surface area contributed by atoms with E-state index in [0.717, 1.165) is 16.8 Å². The number of aliphatic imine (C=N–C) groups is 1. The number of nitrogens with zero attached hydrogens (tertiary/aromatic N) is 1. The van der Waals surface area contributed by atoms with E-state index in [1.54, 1.807) is 7.11 Å². The van der Waals surface area contributed by atoms with Crippen LogP contribution in [0.4, 0.5) is 0 Å². The molecule has 2 aromatic carbocycles. The average molecular weight is 432 g/mol. The lowest BCUT2D eigenvalue weighted by molar-refractivity contribution is -0.148. The van der Waals surface area contributed by atoms with Gasteiger partial charge in [0, 0.05) is 29.3 Å². The second-order valence-electron chi connectivity index (χ2n) is 9.38. The van der Waals surface area contributed by atoms with Crippen molar-refractivity contribution in [3.8, 4) is 5.75 Å². The summed E-state index contributed by atoms with van der Waals surface area (Å²) in [7, 11) is 1.61. The molecule has 166 valence electrons. The van der Waals surface area contributed by atoms with Crippen molar-refractivity contribution in [2.45, 2.75) is 46.1 Å². The highest BCUT2D eigenvalue weighted by Crippen LogP contribution is 2.48. The maximum Gasteiger partial charge on any atom is 0.315 e. The van der Waals surface area contributed by atoms with E-state index in [4.69, 9.17) is 14.5 Å². The lowest BCUT2D eigenvalue weighted by atomic mass is 9.67. The number of hydrogen-bond donors (Lipinski definition) is 0. The highest BCUT2D eigenvalue weighted by Gasteiger charge is 2.46. The molecule has 0 saturated carbocycles. The number of esters is 1. The summed E-state index contributed by atoms with van der Waals surface area (Å²) in [6.45, 7) is 6.21. The smallest absolute Gasteiger partial charge is 0.315 e. The Morgan fingerprint density at radius 3 is 2.56 bits per heavy atom. The van der Waals surface area contributed by atoms with Crippen LogP contribution in [0.3, 0.4) is 0 Å². The second kappa shape index (κ2) is 8.73. The maximum absolute atomic E-state index is 13.4. The lowest BCUT2D eigenvalue weighted by Gasteiger charge is -2.39. The largest absolute Gasteiger partial charge is 0.497 e. The minimum Gasteiger partial charge on any atom is -0.497 e. The third-order valence-corrected chi connectivity index (χ3v) is 6.23. The van der Waals surface area contributed by atoms with Crippen molar-refractivity contribution in [2.24, 2.45) is 16.3 Å². The van der Waals surface area contributed by atoms with Crippen molar-refractivity contribution in [1.82, 2.24) is 0 Å². The molecule has 0 aromatic heterocycles. The first kappa shape index (κ1) is 22.0. The zero-order valence-electron chi connectivity index (χ0n) is 19.1. The Morgan fingerprint density at radius 2 is 1.84 bits per heavy atom. The quantitative estimate of drug-likeness (QED) is 0.606. The Kier molecular flexibility index (Phi) is 6.00. The van der Waals surface area contributed by atoms with Crippen molar-refractivity contribution in [2.75, 3.05) is 7.11 Å². The van der Waals surface area contributed by atoms with Crippen LogP contribution in [-0.4, -0.2) is 24.6 Å². The van der Waals surface area contributed by atoms with E-state index in [-0.39, 0.29) is 23.8 Å². The monoisotopic (exact) mass is 431 g/mol. The molecule has 4 rings (SSSR count). The van der Waals surface area contributed by atoms with E-state index >= 15 is 0 Å². The summed E-state index contributed by atoms with van der Waals surface area (Å²) in [4.78, 5) is 31.5. The van der Waals surface area contributed by atoms with E-state index in [1.807, 2.05) is 61.5 Å². The van der Waals surface area contributed by atoms with Crippen LogP contribution in [0.15, 0.2) is 70.9 Å². The average Bonchev–Trinajstić information content (AvgIpc) is 2.76. The first-order valence-electron chi connectivity index (χ1n) is 10.9. The van der Waals surface area contributed by atoms with Crippen LogP contribution in [0, 0.1) is 11.3 Å². The number of rotatable bonds is 5. The number of hydrogen-bond acceptors (Lipinski definition) is 5. The first-order valence-corrected chi connectivity index (χ1v) is 10.9. The zero-order valence-corrected chi connectivity index (χ0v) is 19.1. The van der Waals surface area contributed by atoms with Gasteiger partial charge in [-0.05, 0) is 42.0 Å². The van der Waals surface area contributed by atoms with Gasteiger partial charge in [-0.1, -0.05) is 56.3 Å². The molecule has 5 heteroatoms. The highest BCUT2D eigenvalue weighted by molar-refractivity contribution is 6.09. The Hall–Kier alpha value is -3.21. The van der Waals surface area contributed by atoms with Crippen molar-refractivity contribution in [3.05, 3.63) is 77.0 Å². The third-order valence-electron chi connectivity index (χ3n) is 6.23. The fourth-order valence-corrected chi connectivity index (χ4v) is 4.76. The number of ether oxygens (including phenoxy) is 2. The summed E-state index contributed by atoms with van der Waals surface area (Å²) in [5.41, 5.74) is 3.74. The number of allylic oxidation sites excluding steroid dienone is 2. The van der Waals surface area contributed by atoms with E-state index in [9.17, 15) is 9.59 Å². The Bertz CT molecular complexity index is 1100. The van der Waals surface area contributed by atoms with E-state index in [1.165, 1.54) is 0 Å². The van der Waals surface area contributed by atoms with Gasteiger partial charge in [0.25, 0.3) is 0 Å². The molecule has 5 nitrogen and oxygen atoms in total. The van der Waals surface area contributed by atoms with Crippen LogP contribution < -0.4 is 4.74 Å². The summed E-state index contributed by atoms with van der Waals surface area (Å²) < 4.78 is 11.1. The predicted molar refractivity (Wildman–Crippen MR) is 124 cm³/mol. The molecule has 0 radical (unpaired) electrons. The molecule has 2 aromatic rings. The summed E-state index contributed by atoms with van der Waals surface area (Å²) in [5.74, 6) is -0.725. The maximum atomic E-state index is 13.4. The van der Waals surface area contributed by atoms with Gasteiger partial charge in [-0.2, -0.15) is 0 Å². The molecule has 32 heavy (non-hydrogen) atoms. The normalized spacial score (nSPS) is 22.1. The van der Waals surface area contributed by atoms with Gasteiger partial charge in [-0.15, -0.1) is 0 Å². The summed E-state index contributed by atoms with van der Waals surface area (Å²) in [6, 6.07) is 17.2. The third kappa shape index (κ3) is 4.38. The van der Waals surface area contributed by atoms with Crippen molar-refractivity contribution in [3.63, 3.8) is 0 Å². The van der Waals surface area contributed by atoms with Crippen molar-refractivity contribution in [1.29, 1.82) is 0 Å². The van der Waals surface area contributed by atoms with Gasteiger partial charge in [-0.25, -0.2) is 0 Å². The van der Waals surface area contributed by atoms with E-state index < -0.39 is 11.8 Å². The first-order chi connectivity index (χ1) is 15.3. The van der Waals surface area contributed by atoms with Gasteiger partial charge in [0.05, 0.1) is 7.11 Å². The van der Waals surface area contributed by atoms with E-state index in [2.05, 4.69) is 13.8 Å². The molecule has 0 bridgehead atoms. The molecule has 0 N–H and O–H groups in total. The number of benzene rings is 2. The predicted octanol–water partition coefficient (Wildman–Crippen LogP) is 5.26. The molecule has 2 atom stereocenters. The van der Waals surface area contributed by atoms with Crippen molar-refractivity contribution >= 4 is 17.5 Å². The van der Waals surface area contributed by atoms with Crippen LogP contribution in [0.1, 0.15) is 50.7 Å². The topological polar surface area (TPSA) is 65.0 Å². The number of carbonyl (C=O) groups excluding carboxylic acids is 2. The SMILES string of the molecule is COc1cccc([C@@H]2C3=C(CC(C)(C)CC3=O)N=C(C)C2C(=O)OCc2ccccc2)c1. The Balaban J connectivity index is 1.74. The van der Waals surface area contributed by atoms with E-state index in [0.29, 0.717) is 29.9 Å². The molecule has 1 aliphatic heterocycles. The molecule has 1 unspecified atom stereocenters. The summed E-state index contributed by atoms with van der Waals surface area (Å²) in [6.07, 6.45) is 1.14. The number of methoxy groups -OCH3 is 1. The van der Waals surface area contributed by atoms with Crippen LogP contribution in [0.25, 0.3) is 0 Å². The van der Waals surface area contributed by atoms with Gasteiger partial charge in [0.1, 0.15) is 18.3 Å². The Morgan fingerprint density at radius 1 is 1.09 bits per heavy atom. The fourth-order valence-electron chi connectivity index (χ4n) is 4.76. The molecule has 1 heterocycles. The molecule has 0 spiro atoms. The molecular formula is C27H29NO4. The van der Waals surface area contributed by atoms with Crippen molar-refractivity contribution < 1.29 is 19.1 Å². The Labute approximate surface area is 189 Å². The molecule has 0 saturated heterocycles.